The first-order chi connectivity index (χ1) is 6.78. The van der Waals surface area contributed by atoms with Crippen LogP contribution in [0.15, 0.2) is 12.2 Å². The lowest BCUT2D eigenvalue weighted by atomic mass is 9.76. The van der Waals surface area contributed by atoms with E-state index in [1.54, 1.807) is 0 Å². The lowest BCUT2D eigenvalue weighted by Gasteiger charge is -2.49. The summed E-state index contributed by atoms with van der Waals surface area (Å²) in [6.07, 6.45) is 1.96. The Morgan fingerprint density at radius 1 is 1.47 bits per heavy atom. The summed E-state index contributed by atoms with van der Waals surface area (Å²) in [7, 11) is 1.99. The topological polar surface area (TPSA) is 40.5 Å². The fourth-order valence-corrected chi connectivity index (χ4v) is 2.25. The molecule has 0 bridgehead atoms. The molecular formula is C12H21NO2. The predicted octanol–water partition coefficient (Wildman–Crippen LogP) is 2.14. The number of likely N-dealkylation sites (tertiary alicyclic amines) is 1. The minimum Gasteiger partial charge on any atom is -0.478 e. The number of nitrogens with zero attached hydrogens (tertiary/aromatic N) is 1. The Bertz CT molecular complexity index is 283. The number of hydrogen-bond donors (Lipinski definition) is 1. The van der Waals surface area contributed by atoms with Crippen molar-refractivity contribution in [3.05, 3.63) is 12.2 Å². The number of likely N-dealkylation sites (N-methyl/N-ethyl adjacent to an activating group) is 1. The van der Waals surface area contributed by atoms with E-state index in [9.17, 15) is 4.79 Å². The lowest BCUT2D eigenvalue weighted by molar-refractivity contribution is -0.134. The summed E-state index contributed by atoms with van der Waals surface area (Å²) in [4.78, 5) is 13.1. The first-order valence-corrected chi connectivity index (χ1v) is 5.43. The number of hydrogen-bond acceptors (Lipinski definition) is 2. The Morgan fingerprint density at radius 2 is 2.00 bits per heavy atom. The van der Waals surface area contributed by atoms with E-state index in [2.05, 4.69) is 32.3 Å². The van der Waals surface area contributed by atoms with Crippen molar-refractivity contribution in [2.45, 2.75) is 45.2 Å². The van der Waals surface area contributed by atoms with Crippen molar-refractivity contribution < 1.29 is 9.90 Å². The minimum absolute atomic E-state index is 0.0197. The molecular weight excluding hydrogens is 190 g/mol. The van der Waals surface area contributed by atoms with E-state index >= 15 is 0 Å². The van der Waals surface area contributed by atoms with Gasteiger partial charge in [-0.25, -0.2) is 4.79 Å². The summed E-state index contributed by atoms with van der Waals surface area (Å²) in [5.41, 5.74) is 0.360. The fraction of sp³-hybridized carbons (Fsp3) is 0.750. The van der Waals surface area contributed by atoms with Gasteiger partial charge in [-0.05, 0) is 39.7 Å². The molecule has 1 saturated heterocycles. The summed E-state index contributed by atoms with van der Waals surface area (Å²) >= 11 is 0. The Labute approximate surface area is 91.8 Å². The Balaban J connectivity index is 2.87. The molecule has 0 aliphatic carbocycles. The third-order valence-corrected chi connectivity index (χ3v) is 4.13. The van der Waals surface area contributed by atoms with Crippen molar-refractivity contribution in [2.75, 3.05) is 7.05 Å². The first-order valence-electron chi connectivity index (χ1n) is 5.43. The van der Waals surface area contributed by atoms with Crippen LogP contribution in [0.3, 0.4) is 0 Å². The smallest absolute Gasteiger partial charge is 0.332 e. The van der Waals surface area contributed by atoms with E-state index < -0.39 is 5.97 Å². The summed E-state index contributed by atoms with van der Waals surface area (Å²) in [5, 5.41) is 8.96. The third-order valence-electron chi connectivity index (χ3n) is 4.13. The number of carboxylic acids is 1. The van der Waals surface area contributed by atoms with Crippen LogP contribution in [0.2, 0.25) is 0 Å². The van der Waals surface area contributed by atoms with Crippen LogP contribution in [-0.4, -0.2) is 34.6 Å². The second-order valence-corrected chi connectivity index (χ2v) is 5.09. The highest BCUT2D eigenvalue weighted by Gasteiger charge is 2.40. The number of carbonyl (C=O) groups is 1. The molecule has 2 atom stereocenters. The van der Waals surface area contributed by atoms with E-state index in [1.807, 2.05) is 7.05 Å². The van der Waals surface area contributed by atoms with Crippen molar-refractivity contribution in [3.63, 3.8) is 0 Å². The van der Waals surface area contributed by atoms with Gasteiger partial charge in [0.2, 0.25) is 0 Å². The SMILES string of the molecule is C=C(C(=O)O)C1CCC(C)C(C)(C)N1C. The summed E-state index contributed by atoms with van der Waals surface area (Å²) in [5.74, 6) is -0.294. The lowest BCUT2D eigenvalue weighted by Crippen LogP contribution is -2.56. The van der Waals surface area contributed by atoms with Crippen molar-refractivity contribution >= 4 is 5.97 Å². The molecule has 0 aromatic carbocycles. The van der Waals surface area contributed by atoms with Crippen LogP contribution >= 0.6 is 0 Å². The predicted molar refractivity (Wildman–Crippen MR) is 60.8 cm³/mol. The van der Waals surface area contributed by atoms with Crippen molar-refractivity contribution in [1.82, 2.24) is 4.90 Å². The van der Waals surface area contributed by atoms with Gasteiger partial charge >= 0.3 is 5.97 Å². The largest absolute Gasteiger partial charge is 0.478 e. The average Bonchev–Trinajstić information content (AvgIpc) is 2.14. The van der Waals surface area contributed by atoms with Gasteiger partial charge in [-0.1, -0.05) is 13.5 Å². The normalized spacial score (nSPS) is 31.2. The first kappa shape index (κ1) is 12.2. The van der Waals surface area contributed by atoms with Crippen LogP contribution in [0.4, 0.5) is 0 Å². The maximum Gasteiger partial charge on any atom is 0.332 e. The maximum atomic E-state index is 10.9. The van der Waals surface area contributed by atoms with E-state index in [0.717, 1.165) is 12.8 Å². The van der Waals surface area contributed by atoms with Crippen LogP contribution in [0, 0.1) is 5.92 Å². The molecule has 1 heterocycles. The molecule has 1 fully saturated rings. The van der Waals surface area contributed by atoms with E-state index in [0.29, 0.717) is 11.5 Å². The van der Waals surface area contributed by atoms with Crippen molar-refractivity contribution in [1.29, 1.82) is 0 Å². The Hall–Kier alpha value is -0.830. The summed E-state index contributed by atoms with van der Waals surface area (Å²) in [6.45, 7) is 10.2. The van der Waals surface area contributed by atoms with Crippen molar-refractivity contribution in [2.24, 2.45) is 5.92 Å². The molecule has 86 valence electrons. The molecule has 3 nitrogen and oxygen atoms in total. The van der Waals surface area contributed by atoms with Gasteiger partial charge < -0.3 is 5.11 Å². The Kier molecular flexibility index (Phi) is 3.24. The summed E-state index contributed by atoms with van der Waals surface area (Å²) < 4.78 is 0. The molecule has 1 N–H and O–H groups in total. The number of carboxylic acid groups (broad SMARTS) is 1. The Morgan fingerprint density at radius 3 is 2.47 bits per heavy atom. The van der Waals surface area contributed by atoms with Gasteiger partial charge in [0.25, 0.3) is 0 Å². The minimum atomic E-state index is -0.878. The highest BCUT2D eigenvalue weighted by atomic mass is 16.4. The molecule has 1 aliphatic heterocycles. The highest BCUT2D eigenvalue weighted by Crippen LogP contribution is 2.37. The van der Waals surface area contributed by atoms with E-state index in [4.69, 9.17) is 5.11 Å². The average molecular weight is 211 g/mol. The standard InChI is InChI=1S/C12H21NO2/c1-8-6-7-10(9(2)11(14)15)13(5)12(8,3)4/h8,10H,2,6-7H2,1,3-5H3,(H,14,15). The van der Waals surface area contributed by atoms with Gasteiger partial charge in [-0.3, -0.25) is 4.90 Å². The zero-order valence-corrected chi connectivity index (χ0v) is 10.1. The maximum absolute atomic E-state index is 10.9. The second kappa shape index (κ2) is 3.97. The van der Waals surface area contributed by atoms with E-state index in [1.165, 1.54) is 0 Å². The molecule has 2 unspecified atom stereocenters. The molecule has 0 amide bonds. The van der Waals surface area contributed by atoms with Crippen molar-refractivity contribution in [3.8, 4) is 0 Å². The van der Waals surface area contributed by atoms with Gasteiger partial charge in [0.15, 0.2) is 0 Å². The van der Waals surface area contributed by atoms with Gasteiger partial charge in [0.05, 0.1) is 0 Å². The van der Waals surface area contributed by atoms with Gasteiger partial charge in [-0.15, -0.1) is 0 Å². The zero-order chi connectivity index (χ0) is 11.8. The molecule has 15 heavy (non-hydrogen) atoms. The zero-order valence-electron chi connectivity index (χ0n) is 10.1. The summed E-state index contributed by atoms with van der Waals surface area (Å²) in [6, 6.07) is -0.0197. The molecule has 0 spiro atoms. The molecule has 0 radical (unpaired) electrons. The van der Waals surface area contributed by atoms with E-state index in [-0.39, 0.29) is 11.6 Å². The number of piperidine rings is 1. The highest BCUT2D eigenvalue weighted by molar-refractivity contribution is 5.87. The van der Waals surface area contributed by atoms with Crippen LogP contribution in [0.25, 0.3) is 0 Å². The third kappa shape index (κ3) is 2.07. The molecule has 3 heteroatoms. The molecule has 0 aromatic heterocycles. The molecule has 0 saturated carbocycles. The quantitative estimate of drug-likeness (QED) is 0.711. The van der Waals surface area contributed by atoms with Crippen LogP contribution in [0.5, 0.6) is 0 Å². The molecule has 1 aliphatic rings. The van der Waals surface area contributed by atoms with Crippen LogP contribution < -0.4 is 0 Å². The monoisotopic (exact) mass is 211 g/mol. The van der Waals surface area contributed by atoms with Gasteiger partial charge in [0, 0.05) is 17.2 Å². The van der Waals surface area contributed by atoms with Gasteiger partial charge in [0.1, 0.15) is 0 Å². The van der Waals surface area contributed by atoms with Gasteiger partial charge in [-0.2, -0.15) is 0 Å². The second-order valence-electron chi connectivity index (χ2n) is 5.09. The number of rotatable bonds is 2. The fourth-order valence-electron chi connectivity index (χ4n) is 2.25. The molecule has 0 aromatic rings. The van der Waals surface area contributed by atoms with Crippen LogP contribution in [-0.2, 0) is 4.79 Å². The van der Waals surface area contributed by atoms with Crippen LogP contribution in [0.1, 0.15) is 33.6 Å². The molecule has 1 rings (SSSR count). The number of aliphatic carboxylic acids is 1.